The predicted molar refractivity (Wildman–Crippen MR) is 64.9 cm³/mol. The Morgan fingerprint density at radius 3 is 2.11 bits per heavy atom. The zero-order chi connectivity index (χ0) is 14.4. The van der Waals surface area contributed by atoms with Crippen molar-refractivity contribution < 1.29 is 29.4 Å². The van der Waals surface area contributed by atoms with Crippen LogP contribution in [0.4, 0.5) is 21.0 Å². The van der Waals surface area contributed by atoms with Gasteiger partial charge < -0.3 is 15.1 Å². The van der Waals surface area contributed by atoms with E-state index in [2.05, 4.69) is 16.9 Å². The minimum Gasteiger partial charge on any atom is -0.464 e. The lowest BCUT2D eigenvalue weighted by atomic mass is 10.3. The first kappa shape index (κ1) is 14.0. The number of anilines is 2. The Bertz CT molecular complexity index is 496. The molecular formula is C11H10N2O6. The molecule has 1 aromatic carbocycles. The number of carbonyl (C=O) groups excluding carboxylic acids is 1. The summed E-state index contributed by atoms with van der Waals surface area (Å²) >= 11 is 0. The fraction of sp³-hybridized carbons (Fsp3) is 0. The van der Waals surface area contributed by atoms with Crippen LogP contribution in [0.2, 0.25) is 0 Å². The summed E-state index contributed by atoms with van der Waals surface area (Å²) in [6.45, 7) is 3.20. The van der Waals surface area contributed by atoms with Crippen molar-refractivity contribution in [3.05, 3.63) is 36.9 Å². The van der Waals surface area contributed by atoms with Crippen LogP contribution in [0, 0.1) is 0 Å². The van der Waals surface area contributed by atoms with Gasteiger partial charge in [0.05, 0.1) is 11.4 Å². The molecule has 100 valence electrons. The van der Waals surface area contributed by atoms with E-state index in [0.29, 0.717) is 5.69 Å². The second-order valence-electron chi connectivity index (χ2n) is 3.17. The van der Waals surface area contributed by atoms with Crippen LogP contribution < -0.4 is 10.4 Å². The Hall–Kier alpha value is -3.03. The molecule has 0 saturated carbocycles. The molecule has 8 heteroatoms. The van der Waals surface area contributed by atoms with Crippen LogP contribution in [0.25, 0.3) is 0 Å². The molecule has 0 heterocycles. The third-order valence-electron chi connectivity index (χ3n) is 1.94. The van der Waals surface area contributed by atoms with Gasteiger partial charge in [-0.15, -0.1) is 0 Å². The van der Waals surface area contributed by atoms with E-state index in [1.54, 1.807) is 0 Å². The number of rotatable bonds is 4. The Labute approximate surface area is 107 Å². The highest BCUT2D eigenvalue weighted by atomic mass is 16.7. The normalized spacial score (nSPS) is 9.26. The first-order valence-corrected chi connectivity index (χ1v) is 4.91. The topological polar surface area (TPSA) is 116 Å². The number of imide groups is 1. The van der Waals surface area contributed by atoms with Crippen LogP contribution in [-0.2, 0) is 9.63 Å². The fourth-order valence-electron chi connectivity index (χ4n) is 1.13. The lowest BCUT2D eigenvalue weighted by molar-refractivity contribution is -0.134. The lowest BCUT2D eigenvalue weighted by Crippen LogP contribution is -2.34. The molecule has 0 aliphatic carbocycles. The Balaban J connectivity index is 2.80. The second kappa shape index (κ2) is 6.05. The SMILES string of the molecule is C=CC(=O)ONc1ccc(N(C(=O)O)C(=O)O)cc1. The van der Waals surface area contributed by atoms with Crippen molar-refractivity contribution in [3.63, 3.8) is 0 Å². The van der Waals surface area contributed by atoms with Gasteiger partial charge in [0.25, 0.3) is 0 Å². The van der Waals surface area contributed by atoms with Crippen molar-refractivity contribution in [3.8, 4) is 0 Å². The molecule has 0 aliphatic heterocycles. The maximum atomic E-state index is 10.8. The number of amides is 2. The number of benzene rings is 1. The van der Waals surface area contributed by atoms with Crippen molar-refractivity contribution in [2.75, 3.05) is 10.4 Å². The molecule has 0 aromatic heterocycles. The Morgan fingerprint density at radius 1 is 1.16 bits per heavy atom. The highest BCUT2D eigenvalue weighted by Crippen LogP contribution is 2.18. The molecule has 8 nitrogen and oxygen atoms in total. The molecule has 3 N–H and O–H groups in total. The summed E-state index contributed by atoms with van der Waals surface area (Å²) in [7, 11) is 0. The zero-order valence-corrected chi connectivity index (χ0v) is 9.57. The van der Waals surface area contributed by atoms with E-state index in [1.165, 1.54) is 24.3 Å². The zero-order valence-electron chi connectivity index (χ0n) is 9.57. The highest BCUT2D eigenvalue weighted by molar-refractivity contribution is 6.07. The summed E-state index contributed by atoms with van der Waals surface area (Å²) < 4.78 is 0. The molecule has 2 amide bonds. The largest absolute Gasteiger partial charge is 0.464 e. The van der Waals surface area contributed by atoms with Crippen LogP contribution in [0.15, 0.2) is 36.9 Å². The lowest BCUT2D eigenvalue weighted by Gasteiger charge is -2.13. The maximum Gasteiger partial charge on any atom is 0.421 e. The molecule has 0 atom stereocenters. The average molecular weight is 266 g/mol. The van der Waals surface area contributed by atoms with Crippen molar-refractivity contribution >= 4 is 29.5 Å². The minimum atomic E-state index is -1.62. The summed E-state index contributed by atoms with van der Waals surface area (Å²) in [5.41, 5.74) is 2.57. The van der Waals surface area contributed by atoms with Gasteiger partial charge in [0.1, 0.15) is 0 Å². The van der Waals surface area contributed by atoms with Gasteiger partial charge in [-0.3, -0.25) is 0 Å². The molecular weight excluding hydrogens is 256 g/mol. The van der Waals surface area contributed by atoms with Gasteiger partial charge in [0.2, 0.25) is 0 Å². The van der Waals surface area contributed by atoms with E-state index >= 15 is 0 Å². The monoisotopic (exact) mass is 266 g/mol. The van der Waals surface area contributed by atoms with E-state index < -0.39 is 18.2 Å². The van der Waals surface area contributed by atoms with Crippen LogP contribution in [0.3, 0.4) is 0 Å². The third kappa shape index (κ3) is 3.73. The number of nitrogens with zero attached hydrogens (tertiary/aromatic N) is 1. The van der Waals surface area contributed by atoms with Gasteiger partial charge >= 0.3 is 18.2 Å². The molecule has 0 saturated heterocycles. The van der Waals surface area contributed by atoms with Gasteiger partial charge in [0.15, 0.2) is 0 Å². The molecule has 1 rings (SSSR count). The summed E-state index contributed by atoms with van der Waals surface area (Å²) in [4.78, 5) is 36.9. The van der Waals surface area contributed by atoms with E-state index in [4.69, 9.17) is 10.2 Å². The fourth-order valence-corrected chi connectivity index (χ4v) is 1.13. The summed E-state index contributed by atoms with van der Waals surface area (Å²) in [5.74, 6) is -0.693. The molecule has 0 unspecified atom stereocenters. The van der Waals surface area contributed by atoms with E-state index in [1.807, 2.05) is 0 Å². The quantitative estimate of drug-likeness (QED) is 0.562. The molecule has 0 radical (unpaired) electrons. The molecule has 0 fully saturated rings. The number of hydrogen-bond donors (Lipinski definition) is 3. The van der Waals surface area contributed by atoms with Crippen LogP contribution in [0.1, 0.15) is 0 Å². The molecule has 0 aliphatic rings. The minimum absolute atomic E-state index is 0.0550. The smallest absolute Gasteiger partial charge is 0.421 e. The molecule has 1 aromatic rings. The number of carboxylic acid groups (broad SMARTS) is 2. The van der Waals surface area contributed by atoms with E-state index in [-0.39, 0.29) is 10.6 Å². The summed E-state index contributed by atoms with van der Waals surface area (Å²) in [6.07, 6.45) is -2.28. The van der Waals surface area contributed by atoms with Crippen LogP contribution in [0.5, 0.6) is 0 Å². The predicted octanol–water partition coefficient (Wildman–Crippen LogP) is 1.91. The van der Waals surface area contributed by atoms with Gasteiger partial charge in [-0.2, -0.15) is 4.90 Å². The first-order chi connectivity index (χ1) is 8.95. The highest BCUT2D eigenvalue weighted by Gasteiger charge is 2.21. The Morgan fingerprint density at radius 2 is 1.68 bits per heavy atom. The molecule has 0 bridgehead atoms. The molecule has 0 spiro atoms. The maximum absolute atomic E-state index is 10.8. The number of nitrogens with one attached hydrogen (secondary N) is 1. The van der Waals surface area contributed by atoms with Crippen LogP contribution >= 0.6 is 0 Å². The second-order valence-corrected chi connectivity index (χ2v) is 3.17. The van der Waals surface area contributed by atoms with Gasteiger partial charge in [-0.1, -0.05) is 6.58 Å². The van der Waals surface area contributed by atoms with Gasteiger partial charge in [-0.25, -0.2) is 19.9 Å². The van der Waals surface area contributed by atoms with Crippen molar-refractivity contribution in [2.24, 2.45) is 0 Å². The summed E-state index contributed by atoms with van der Waals surface area (Å²) in [5, 5.41) is 17.4. The van der Waals surface area contributed by atoms with Crippen molar-refractivity contribution in [1.82, 2.24) is 0 Å². The molecule has 19 heavy (non-hydrogen) atoms. The summed E-state index contributed by atoms with van der Waals surface area (Å²) in [6, 6.07) is 5.19. The van der Waals surface area contributed by atoms with E-state index in [0.717, 1.165) is 6.08 Å². The van der Waals surface area contributed by atoms with Crippen molar-refractivity contribution in [1.29, 1.82) is 0 Å². The number of hydrogen-bond acceptors (Lipinski definition) is 5. The van der Waals surface area contributed by atoms with Crippen molar-refractivity contribution in [2.45, 2.75) is 0 Å². The van der Waals surface area contributed by atoms with Gasteiger partial charge in [0, 0.05) is 6.08 Å². The first-order valence-electron chi connectivity index (χ1n) is 4.91. The van der Waals surface area contributed by atoms with Gasteiger partial charge in [-0.05, 0) is 24.3 Å². The average Bonchev–Trinajstić information content (AvgIpc) is 2.36. The van der Waals surface area contributed by atoms with E-state index in [9.17, 15) is 14.4 Å². The standard InChI is InChI=1S/C11H10N2O6/c1-2-9(14)19-12-7-3-5-8(6-4-7)13(10(15)16)11(17)18/h2-6,12H,1H2,(H,15,16)(H,17,18). The van der Waals surface area contributed by atoms with Crippen LogP contribution in [-0.4, -0.2) is 28.4 Å². The number of carbonyl (C=O) groups is 3. The third-order valence-corrected chi connectivity index (χ3v) is 1.94. The Kier molecular flexibility index (Phi) is 4.47.